The van der Waals surface area contributed by atoms with Gasteiger partial charge >= 0.3 is 0 Å². The fourth-order valence-corrected chi connectivity index (χ4v) is 1.42. The molecular formula is C6H9NSi. The van der Waals surface area contributed by atoms with Crippen LogP contribution in [0.4, 0.5) is 0 Å². The van der Waals surface area contributed by atoms with Crippen molar-refractivity contribution in [1.29, 1.82) is 0 Å². The van der Waals surface area contributed by atoms with Crippen LogP contribution in [0.5, 0.6) is 0 Å². The third kappa shape index (κ3) is 1.32. The van der Waals surface area contributed by atoms with Crippen LogP contribution in [-0.4, -0.2) is 16.7 Å². The molecule has 0 saturated carbocycles. The van der Waals surface area contributed by atoms with Crippen LogP contribution in [0.3, 0.4) is 0 Å². The standard InChI is InChI=1S/C6H9NSi/c1-7-8-6-4-2-3-5-6/h2-4,7H,5H2,1H3. The average molecular weight is 123 g/mol. The molecule has 1 rings (SSSR count). The fourth-order valence-electron chi connectivity index (χ4n) is 0.700. The van der Waals surface area contributed by atoms with Gasteiger partial charge in [0.2, 0.25) is 0 Å². The zero-order valence-corrected chi connectivity index (χ0v) is 5.94. The summed E-state index contributed by atoms with van der Waals surface area (Å²) in [5, 5.41) is 1.51. The van der Waals surface area contributed by atoms with Crippen molar-refractivity contribution >= 4 is 9.68 Å². The summed E-state index contributed by atoms with van der Waals surface area (Å²) in [6, 6.07) is 0. The first-order chi connectivity index (χ1) is 3.93. The zero-order valence-electron chi connectivity index (χ0n) is 4.94. The summed E-state index contributed by atoms with van der Waals surface area (Å²) in [5.74, 6) is 0. The Morgan fingerprint density at radius 2 is 2.62 bits per heavy atom. The first-order valence-electron chi connectivity index (χ1n) is 2.72. The van der Waals surface area contributed by atoms with Gasteiger partial charge in [0.25, 0.3) is 0 Å². The first-order valence-corrected chi connectivity index (χ1v) is 3.72. The summed E-state index contributed by atoms with van der Waals surface area (Å²) in [7, 11) is 2.80. The van der Waals surface area contributed by atoms with Crippen molar-refractivity contribution in [3.8, 4) is 0 Å². The van der Waals surface area contributed by atoms with Gasteiger partial charge in [-0.3, -0.25) is 0 Å². The summed E-state index contributed by atoms with van der Waals surface area (Å²) >= 11 is 0. The highest BCUT2D eigenvalue weighted by Crippen LogP contribution is 2.06. The lowest BCUT2D eigenvalue weighted by atomic mass is 10.5. The minimum absolute atomic E-state index is 0.817. The summed E-state index contributed by atoms with van der Waals surface area (Å²) < 4.78 is 0. The Morgan fingerprint density at radius 3 is 3.12 bits per heavy atom. The van der Waals surface area contributed by atoms with E-state index in [4.69, 9.17) is 0 Å². The molecule has 0 amide bonds. The Hall–Kier alpha value is -0.343. The van der Waals surface area contributed by atoms with Crippen LogP contribution in [-0.2, 0) is 0 Å². The molecular weight excluding hydrogens is 114 g/mol. The lowest BCUT2D eigenvalue weighted by molar-refractivity contribution is 1.22. The molecule has 0 bridgehead atoms. The molecule has 42 valence electrons. The normalized spacial score (nSPS) is 16.9. The van der Waals surface area contributed by atoms with E-state index in [1.165, 1.54) is 5.20 Å². The maximum Gasteiger partial charge on any atom is 0.175 e. The minimum atomic E-state index is 0.817. The molecule has 2 radical (unpaired) electrons. The summed E-state index contributed by atoms with van der Waals surface area (Å²) in [6.45, 7) is 0. The molecule has 0 aromatic carbocycles. The molecule has 1 nitrogen and oxygen atoms in total. The van der Waals surface area contributed by atoms with Gasteiger partial charge in [-0.25, -0.2) is 0 Å². The number of hydrogen-bond donors (Lipinski definition) is 1. The molecule has 2 heteroatoms. The summed E-state index contributed by atoms with van der Waals surface area (Å²) in [4.78, 5) is 3.13. The van der Waals surface area contributed by atoms with Crippen molar-refractivity contribution in [2.75, 3.05) is 7.05 Å². The van der Waals surface area contributed by atoms with Gasteiger partial charge in [-0.1, -0.05) is 23.4 Å². The van der Waals surface area contributed by atoms with E-state index in [2.05, 4.69) is 23.2 Å². The molecule has 0 fully saturated rings. The quantitative estimate of drug-likeness (QED) is 0.532. The lowest BCUT2D eigenvalue weighted by Crippen LogP contribution is -2.14. The third-order valence-corrected chi connectivity index (χ3v) is 2.00. The zero-order chi connectivity index (χ0) is 5.82. The molecule has 0 saturated heterocycles. The minimum Gasteiger partial charge on any atom is -0.338 e. The highest BCUT2D eigenvalue weighted by Gasteiger charge is 1.96. The summed E-state index contributed by atoms with van der Waals surface area (Å²) in [5.41, 5.74) is 0. The molecule has 0 unspecified atom stereocenters. The van der Waals surface area contributed by atoms with Gasteiger partial charge in [0, 0.05) is 0 Å². The number of rotatable bonds is 2. The number of allylic oxidation sites excluding steroid dienone is 4. The van der Waals surface area contributed by atoms with Gasteiger partial charge in [-0.15, -0.1) is 0 Å². The molecule has 0 aromatic heterocycles. The molecule has 1 aliphatic rings. The van der Waals surface area contributed by atoms with Gasteiger partial charge in [-0.05, 0) is 13.5 Å². The van der Waals surface area contributed by atoms with Crippen LogP contribution < -0.4 is 4.98 Å². The average Bonchev–Trinajstić information content (AvgIpc) is 2.19. The van der Waals surface area contributed by atoms with E-state index in [0.29, 0.717) is 0 Å². The highest BCUT2D eigenvalue weighted by molar-refractivity contribution is 6.42. The lowest BCUT2D eigenvalue weighted by Gasteiger charge is -1.93. The fraction of sp³-hybridized carbons (Fsp3) is 0.333. The topological polar surface area (TPSA) is 12.0 Å². The van der Waals surface area contributed by atoms with Crippen LogP contribution in [0.1, 0.15) is 6.42 Å². The molecule has 0 aliphatic heterocycles. The van der Waals surface area contributed by atoms with Gasteiger partial charge in [0.05, 0.1) is 0 Å². The molecule has 0 atom stereocenters. The van der Waals surface area contributed by atoms with E-state index >= 15 is 0 Å². The molecule has 1 N–H and O–H groups in total. The Labute approximate surface area is 52.4 Å². The molecule has 0 spiro atoms. The van der Waals surface area contributed by atoms with Crippen LogP contribution in [0.15, 0.2) is 23.4 Å². The monoisotopic (exact) mass is 123 g/mol. The smallest absolute Gasteiger partial charge is 0.175 e. The SMILES string of the molecule is CN[Si]C1=CC=CC1. The Kier molecular flexibility index (Phi) is 2.06. The van der Waals surface area contributed by atoms with E-state index < -0.39 is 0 Å². The largest absolute Gasteiger partial charge is 0.338 e. The van der Waals surface area contributed by atoms with Crippen LogP contribution in [0.2, 0.25) is 0 Å². The molecule has 8 heavy (non-hydrogen) atoms. The highest BCUT2D eigenvalue weighted by atomic mass is 28.2. The van der Waals surface area contributed by atoms with Crippen molar-refractivity contribution in [3.63, 3.8) is 0 Å². The van der Waals surface area contributed by atoms with Crippen molar-refractivity contribution in [3.05, 3.63) is 23.4 Å². The van der Waals surface area contributed by atoms with Crippen LogP contribution in [0.25, 0.3) is 0 Å². The van der Waals surface area contributed by atoms with E-state index in [0.717, 1.165) is 16.1 Å². The van der Waals surface area contributed by atoms with E-state index in [1.807, 2.05) is 7.05 Å². The van der Waals surface area contributed by atoms with E-state index in [9.17, 15) is 0 Å². The van der Waals surface area contributed by atoms with Crippen molar-refractivity contribution in [2.45, 2.75) is 6.42 Å². The van der Waals surface area contributed by atoms with Crippen molar-refractivity contribution in [1.82, 2.24) is 4.98 Å². The predicted octanol–water partition coefficient (Wildman–Crippen LogP) is 0.669. The van der Waals surface area contributed by atoms with Gasteiger partial charge in [0.15, 0.2) is 9.68 Å². The predicted molar refractivity (Wildman–Crippen MR) is 36.7 cm³/mol. The summed E-state index contributed by atoms with van der Waals surface area (Å²) in [6.07, 6.45) is 7.62. The first kappa shape index (κ1) is 5.79. The second-order valence-corrected chi connectivity index (χ2v) is 3.09. The Balaban J connectivity index is 2.28. The molecule has 1 aliphatic carbocycles. The molecule has 0 aromatic rings. The maximum atomic E-state index is 3.13. The maximum absolute atomic E-state index is 3.13. The van der Waals surface area contributed by atoms with Gasteiger partial charge in [-0.2, -0.15) is 0 Å². The number of nitrogens with one attached hydrogen (secondary N) is 1. The number of hydrogen-bond acceptors (Lipinski definition) is 1. The van der Waals surface area contributed by atoms with Gasteiger partial charge in [0.1, 0.15) is 0 Å². The van der Waals surface area contributed by atoms with E-state index in [1.54, 1.807) is 0 Å². The van der Waals surface area contributed by atoms with Crippen molar-refractivity contribution in [2.24, 2.45) is 0 Å². The van der Waals surface area contributed by atoms with Crippen LogP contribution >= 0.6 is 0 Å². The second-order valence-electron chi connectivity index (χ2n) is 1.70. The van der Waals surface area contributed by atoms with Gasteiger partial charge < -0.3 is 4.98 Å². The van der Waals surface area contributed by atoms with Crippen molar-refractivity contribution < 1.29 is 0 Å². The Morgan fingerprint density at radius 1 is 1.75 bits per heavy atom. The second kappa shape index (κ2) is 2.84. The van der Waals surface area contributed by atoms with Crippen LogP contribution in [0, 0.1) is 0 Å². The van der Waals surface area contributed by atoms with E-state index in [-0.39, 0.29) is 0 Å². The molecule has 0 heterocycles. The third-order valence-electron chi connectivity index (χ3n) is 1.06. The Bertz CT molecular complexity index is 126.